The number of amides is 2. The molecular weight excluding hydrogens is 260 g/mol. The van der Waals surface area contributed by atoms with E-state index in [1.54, 1.807) is 23.6 Å². The summed E-state index contributed by atoms with van der Waals surface area (Å²) < 4.78 is 0. The van der Waals surface area contributed by atoms with Crippen LogP contribution >= 0.6 is 0 Å². The lowest BCUT2D eigenvalue weighted by atomic mass is 9.80. The molecule has 0 aliphatic carbocycles. The first-order valence-corrected chi connectivity index (χ1v) is 7.23. The second-order valence-electron chi connectivity index (χ2n) is 6.66. The van der Waals surface area contributed by atoms with Gasteiger partial charge in [-0.25, -0.2) is 4.79 Å². The first kappa shape index (κ1) is 15.1. The largest absolute Gasteiger partial charge is 0.481 e. The summed E-state index contributed by atoms with van der Waals surface area (Å²) in [7, 11) is 0. The van der Waals surface area contributed by atoms with Crippen molar-refractivity contribution in [1.82, 2.24) is 9.80 Å². The van der Waals surface area contributed by atoms with Gasteiger partial charge in [-0.05, 0) is 39.5 Å². The van der Waals surface area contributed by atoms with E-state index in [0.717, 1.165) is 6.42 Å². The third-order valence-electron chi connectivity index (χ3n) is 4.60. The summed E-state index contributed by atoms with van der Waals surface area (Å²) in [5.41, 5.74) is -1.52. The van der Waals surface area contributed by atoms with Crippen LogP contribution in [0.25, 0.3) is 0 Å². The molecule has 1 atom stereocenters. The van der Waals surface area contributed by atoms with Crippen LogP contribution in [0.15, 0.2) is 0 Å². The van der Waals surface area contributed by atoms with Gasteiger partial charge in [-0.3, -0.25) is 4.79 Å². The second kappa shape index (κ2) is 5.24. The number of carboxylic acids is 1. The number of hydrogen-bond donors (Lipinski definition) is 2. The first-order chi connectivity index (χ1) is 9.23. The number of carbonyl (C=O) groups excluding carboxylic acids is 1. The third kappa shape index (κ3) is 3.06. The summed E-state index contributed by atoms with van der Waals surface area (Å²) >= 11 is 0. The number of aliphatic carboxylic acids is 1. The Kier molecular flexibility index (Phi) is 3.95. The fraction of sp³-hybridized carbons (Fsp3) is 0.857. The van der Waals surface area contributed by atoms with Gasteiger partial charge >= 0.3 is 12.0 Å². The molecular formula is C14H24N2O4. The van der Waals surface area contributed by atoms with Gasteiger partial charge in [0.05, 0.1) is 17.6 Å². The van der Waals surface area contributed by atoms with Crippen LogP contribution in [0.1, 0.15) is 39.5 Å². The molecule has 2 aliphatic heterocycles. The molecule has 114 valence electrons. The van der Waals surface area contributed by atoms with E-state index in [-0.39, 0.29) is 6.03 Å². The van der Waals surface area contributed by atoms with Gasteiger partial charge in [-0.1, -0.05) is 0 Å². The summed E-state index contributed by atoms with van der Waals surface area (Å²) in [5, 5.41) is 19.3. The number of nitrogens with zero attached hydrogens (tertiary/aromatic N) is 2. The van der Waals surface area contributed by atoms with Crippen molar-refractivity contribution >= 4 is 12.0 Å². The van der Waals surface area contributed by atoms with Gasteiger partial charge in [0.1, 0.15) is 0 Å². The number of urea groups is 1. The Morgan fingerprint density at radius 1 is 1.00 bits per heavy atom. The van der Waals surface area contributed by atoms with E-state index in [1.165, 1.54) is 0 Å². The van der Waals surface area contributed by atoms with Gasteiger partial charge in [0, 0.05) is 19.6 Å². The van der Waals surface area contributed by atoms with Crippen LogP contribution in [0.4, 0.5) is 4.79 Å². The van der Waals surface area contributed by atoms with Gasteiger partial charge in [0.25, 0.3) is 0 Å². The number of carbonyl (C=O) groups is 2. The molecule has 0 saturated carbocycles. The van der Waals surface area contributed by atoms with Crippen LogP contribution in [0.5, 0.6) is 0 Å². The maximum absolute atomic E-state index is 12.4. The lowest BCUT2D eigenvalue weighted by molar-refractivity contribution is -0.150. The Balaban J connectivity index is 1.93. The summed E-state index contributed by atoms with van der Waals surface area (Å²) in [5.74, 6) is -0.787. The highest BCUT2D eigenvalue weighted by Gasteiger charge is 2.40. The van der Waals surface area contributed by atoms with Gasteiger partial charge in [0.15, 0.2) is 0 Å². The Labute approximate surface area is 119 Å². The predicted octanol–water partition coefficient (Wildman–Crippen LogP) is 1.14. The van der Waals surface area contributed by atoms with Crippen molar-refractivity contribution < 1.29 is 19.8 Å². The maximum Gasteiger partial charge on any atom is 0.320 e. The first-order valence-electron chi connectivity index (χ1n) is 7.23. The van der Waals surface area contributed by atoms with E-state index in [1.807, 2.05) is 0 Å². The van der Waals surface area contributed by atoms with E-state index in [9.17, 15) is 19.8 Å². The molecule has 2 heterocycles. The number of rotatable bonds is 1. The quantitative estimate of drug-likeness (QED) is 0.756. The second-order valence-corrected chi connectivity index (χ2v) is 6.66. The lowest BCUT2D eigenvalue weighted by Crippen LogP contribution is -2.55. The Morgan fingerprint density at radius 3 is 2.10 bits per heavy atom. The van der Waals surface area contributed by atoms with Gasteiger partial charge < -0.3 is 20.0 Å². The minimum absolute atomic E-state index is 0.0718. The molecule has 2 fully saturated rings. The Morgan fingerprint density at radius 2 is 1.60 bits per heavy atom. The molecule has 2 amide bonds. The summed E-state index contributed by atoms with van der Waals surface area (Å²) in [6, 6.07) is -0.0718. The number of hydrogen-bond acceptors (Lipinski definition) is 3. The number of likely N-dealkylation sites (tertiary alicyclic amines) is 2. The van der Waals surface area contributed by atoms with Crippen LogP contribution in [-0.4, -0.2) is 63.8 Å². The monoisotopic (exact) mass is 284 g/mol. The van der Waals surface area contributed by atoms with E-state index >= 15 is 0 Å². The van der Waals surface area contributed by atoms with Crippen molar-refractivity contribution in [2.45, 2.75) is 45.1 Å². The van der Waals surface area contributed by atoms with E-state index < -0.39 is 17.0 Å². The normalized spacial score (nSPS) is 30.1. The molecule has 0 aromatic carbocycles. The van der Waals surface area contributed by atoms with E-state index in [2.05, 4.69) is 0 Å². The van der Waals surface area contributed by atoms with Gasteiger partial charge in [-0.15, -0.1) is 0 Å². The maximum atomic E-state index is 12.4. The predicted molar refractivity (Wildman–Crippen MR) is 73.4 cm³/mol. The highest BCUT2D eigenvalue weighted by Crippen LogP contribution is 2.32. The number of carboxylic acid groups (broad SMARTS) is 1. The smallest absolute Gasteiger partial charge is 0.320 e. The molecule has 2 N–H and O–H groups in total. The van der Waals surface area contributed by atoms with Crippen molar-refractivity contribution in [1.29, 1.82) is 0 Å². The average Bonchev–Trinajstić information content (AvgIpc) is 2.37. The van der Waals surface area contributed by atoms with Gasteiger partial charge in [0.2, 0.25) is 0 Å². The SMILES string of the molecule is CC1(O)CCCN(C(=O)N2CCC(C)(C(=O)O)CC2)C1. The summed E-state index contributed by atoms with van der Waals surface area (Å²) in [4.78, 5) is 27.0. The van der Waals surface area contributed by atoms with Crippen LogP contribution < -0.4 is 0 Å². The van der Waals surface area contributed by atoms with Crippen molar-refractivity contribution in [3.63, 3.8) is 0 Å². The van der Waals surface area contributed by atoms with Crippen molar-refractivity contribution in [2.24, 2.45) is 5.41 Å². The van der Waals surface area contributed by atoms with Crippen LogP contribution in [0.3, 0.4) is 0 Å². The topological polar surface area (TPSA) is 81.1 Å². The fourth-order valence-electron chi connectivity index (χ4n) is 2.99. The zero-order valence-corrected chi connectivity index (χ0v) is 12.3. The molecule has 0 radical (unpaired) electrons. The molecule has 2 saturated heterocycles. The van der Waals surface area contributed by atoms with Crippen LogP contribution in [0, 0.1) is 5.41 Å². The summed E-state index contributed by atoms with van der Waals surface area (Å²) in [6.07, 6.45) is 2.49. The third-order valence-corrected chi connectivity index (χ3v) is 4.60. The van der Waals surface area contributed by atoms with Crippen molar-refractivity contribution in [3.8, 4) is 0 Å². The lowest BCUT2D eigenvalue weighted by Gasteiger charge is -2.42. The van der Waals surface area contributed by atoms with Crippen LogP contribution in [0.2, 0.25) is 0 Å². The Bertz CT molecular complexity index is 400. The molecule has 0 bridgehead atoms. The number of aliphatic hydroxyl groups is 1. The number of piperidine rings is 2. The highest BCUT2D eigenvalue weighted by atomic mass is 16.4. The van der Waals surface area contributed by atoms with E-state index in [4.69, 9.17) is 0 Å². The summed E-state index contributed by atoms with van der Waals surface area (Å²) in [6.45, 7) is 5.47. The molecule has 0 aromatic heterocycles. The van der Waals surface area contributed by atoms with Crippen LogP contribution in [-0.2, 0) is 4.79 Å². The van der Waals surface area contributed by atoms with E-state index in [0.29, 0.717) is 45.4 Å². The molecule has 0 spiro atoms. The van der Waals surface area contributed by atoms with Crippen molar-refractivity contribution in [3.05, 3.63) is 0 Å². The molecule has 2 aliphatic rings. The highest BCUT2D eigenvalue weighted by molar-refractivity contribution is 5.77. The van der Waals surface area contributed by atoms with Gasteiger partial charge in [-0.2, -0.15) is 0 Å². The molecule has 20 heavy (non-hydrogen) atoms. The van der Waals surface area contributed by atoms with Crippen molar-refractivity contribution in [2.75, 3.05) is 26.2 Å². The molecule has 6 heteroatoms. The number of β-amino-alcohol motifs (C(OH)–C–C–N with tert-alkyl or cyclic N) is 1. The standard InChI is InChI=1S/C14H24N2O4/c1-13(11(17)18)5-8-15(9-6-13)12(19)16-7-3-4-14(2,20)10-16/h20H,3-10H2,1-2H3,(H,17,18). The zero-order valence-electron chi connectivity index (χ0n) is 12.3. The molecule has 2 rings (SSSR count). The Hall–Kier alpha value is -1.30. The molecule has 6 nitrogen and oxygen atoms in total. The fourth-order valence-corrected chi connectivity index (χ4v) is 2.99. The zero-order chi connectivity index (χ0) is 15.0. The minimum atomic E-state index is -0.806. The molecule has 0 aromatic rings. The molecule has 1 unspecified atom stereocenters. The minimum Gasteiger partial charge on any atom is -0.481 e. The average molecular weight is 284 g/mol.